The van der Waals surface area contributed by atoms with Crippen molar-refractivity contribution in [2.45, 2.75) is 114 Å². The van der Waals surface area contributed by atoms with Gasteiger partial charge in [0.25, 0.3) is 5.91 Å². The molecule has 4 unspecified atom stereocenters. The molecular formula is C51H67ClN10O6. The average Bonchev–Trinajstić information content (AvgIpc) is 4.03. The lowest BCUT2D eigenvalue weighted by Gasteiger charge is -2.38. The minimum absolute atomic E-state index is 0.0630. The van der Waals surface area contributed by atoms with Gasteiger partial charge in [-0.05, 0) is 103 Å². The van der Waals surface area contributed by atoms with Crippen LogP contribution >= 0.6 is 11.6 Å². The highest BCUT2D eigenvalue weighted by Gasteiger charge is 2.35. The highest BCUT2D eigenvalue weighted by atomic mass is 35.5. The normalized spacial score (nSPS) is 17.9. The number of hydrogen-bond donors (Lipinski definition) is 3. The number of aromatic nitrogens is 7. The third-order valence-corrected chi connectivity index (χ3v) is 13.2. The van der Waals surface area contributed by atoms with E-state index in [1.165, 1.54) is 12.8 Å². The van der Waals surface area contributed by atoms with Gasteiger partial charge in [-0.1, -0.05) is 86.8 Å². The second kappa shape index (κ2) is 22.7. The lowest BCUT2D eigenvalue weighted by atomic mass is 9.67. The van der Waals surface area contributed by atoms with Crippen LogP contribution in [-0.4, -0.2) is 96.1 Å². The topological polar surface area (TPSA) is 178 Å². The van der Waals surface area contributed by atoms with E-state index in [0.717, 1.165) is 45.6 Å². The largest absolute Gasteiger partial charge is 0.481 e. The fourth-order valence-electron chi connectivity index (χ4n) is 9.30. The van der Waals surface area contributed by atoms with Crippen molar-refractivity contribution in [1.82, 2.24) is 44.6 Å². The van der Waals surface area contributed by atoms with E-state index in [1.54, 1.807) is 30.3 Å². The van der Waals surface area contributed by atoms with Crippen molar-refractivity contribution < 1.29 is 28.6 Å². The second-order valence-electron chi connectivity index (χ2n) is 18.6. The Kier molecular flexibility index (Phi) is 17.1. The maximum absolute atomic E-state index is 12.5. The Morgan fingerprint density at radius 2 is 1.54 bits per heavy atom. The van der Waals surface area contributed by atoms with Crippen LogP contribution in [0.5, 0.6) is 5.75 Å². The Balaban J connectivity index is 0.000000244. The summed E-state index contributed by atoms with van der Waals surface area (Å²) in [6, 6.07) is 14.0. The Bertz CT molecular complexity index is 2710. The molecule has 17 heteroatoms. The van der Waals surface area contributed by atoms with Crippen LogP contribution < -0.4 is 10.1 Å². The fraction of sp³-hybridized carbons (Fsp3) is 0.510. The van der Waals surface area contributed by atoms with Gasteiger partial charge in [0.2, 0.25) is 5.69 Å². The SMILES string of the molecule is Cc1ccc(OC(C)C(=O)NCC(C)c2nc3c(Cl)c(C)[nH]n3n2)c(C)c1.[C-]#[N+]c1c(CC2C(C)CC(C)CC2C)c2nc(-c3ccc(C)cc3)[nH]n2c1CN(CC(=O)OCC)CC(=O)OCC. The summed E-state index contributed by atoms with van der Waals surface area (Å²) in [6.07, 6.45) is 2.51. The average molecular weight is 952 g/mol. The van der Waals surface area contributed by atoms with E-state index in [2.05, 4.69) is 51.2 Å². The van der Waals surface area contributed by atoms with E-state index in [-0.39, 0.29) is 44.7 Å². The minimum Gasteiger partial charge on any atom is -0.481 e. The second-order valence-corrected chi connectivity index (χ2v) is 18.9. The van der Waals surface area contributed by atoms with Crippen molar-refractivity contribution in [1.29, 1.82) is 0 Å². The number of carbonyl (C=O) groups excluding carboxylic acids is 3. The van der Waals surface area contributed by atoms with E-state index < -0.39 is 18.0 Å². The monoisotopic (exact) mass is 950 g/mol. The summed E-state index contributed by atoms with van der Waals surface area (Å²) < 4.78 is 19.6. The molecule has 1 amide bonds. The van der Waals surface area contributed by atoms with E-state index in [9.17, 15) is 14.4 Å². The Morgan fingerprint density at radius 3 is 2.13 bits per heavy atom. The number of ether oxygens (including phenoxy) is 3. The Hall–Kier alpha value is -6.18. The van der Waals surface area contributed by atoms with Crippen LogP contribution in [0, 0.1) is 57.9 Å². The highest BCUT2D eigenvalue weighted by molar-refractivity contribution is 6.34. The van der Waals surface area contributed by atoms with Crippen molar-refractivity contribution >= 4 is 46.4 Å². The predicted octanol–water partition coefficient (Wildman–Crippen LogP) is 9.30. The molecule has 68 heavy (non-hydrogen) atoms. The molecule has 4 heterocycles. The fourth-order valence-corrected chi connectivity index (χ4v) is 9.46. The van der Waals surface area contributed by atoms with Gasteiger partial charge >= 0.3 is 11.9 Å². The summed E-state index contributed by atoms with van der Waals surface area (Å²) in [5.74, 6) is 3.12. The van der Waals surface area contributed by atoms with Crippen LogP contribution in [0.3, 0.4) is 0 Å². The molecule has 0 spiro atoms. The molecule has 0 aliphatic heterocycles. The van der Waals surface area contributed by atoms with E-state index in [1.807, 2.05) is 81.6 Å². The first-order chi connectivity index (χ1) is 32.4. The zero-order chi connectivity index (χ0) is 49.4. The standard InChI is InChI=1S/C32H43N5O4.C19H24ClN5O2/c1-8-40-28(38)18-36(19-29(39)41-9-2)17-27-30(33-7)26(16-25-22(5)14-21(4)15-23(25)6)32-34-31(35-37(27)32)24-12-10-20(3)11-13-24;1-10-6-7-15(11(2)8-10)27-14(5)19(26)21-9-12(3)17-22-18-16(20)13(4)23-25(18)24-17/h10-13,21-23,25H,8-9,14-19H2,1-6H3,(H,34,35);6-8,12,14,23H,9H2,1-5H3,(H,21,26). The third kappa shape index (κ3) is 12.3. The summed E-state index contributed by atoms with van der Waals surface area (Å²) >= 11 is 6.19. The minimum atomic E-state index is -0.597. The quantitative estimate of drug-likeness (QED) is 0.0590. The maximum Gasteiger partial charge on any atom is 0.320 e. The molecule has 1 aliphatic rings. The van der Waals surface area contributed by atoms with Crippen LogP contribution in [0.1, 0.15) is 107 Å². The molecule has 4 atom stereocenters. The van der Waals surface area contributed by atoms with E-state index in [4.69, 9.17) is 37.4 Å². The van der Waals surface area contributed by atoms with Crippen LogP contribution in [-0.2, 0) is 36.8 Å². The van der Waals surface area contributed by atoms with Crippen LogP contribution in [0.25, 0.3) is 27.5 Å². The number of rotatable bonds is 17. The van der Waals surface area contributed by atoms with Gasteiger partial charge in [-0.3, -0.25) is 34.0 Å². The Labute approximate surface area is 404 Å². The van der Waals surface area contributed by atoms with Crippen molar-refractivity contribution in [2.24, 2.45) is 23.7 Å². The summed E-state index contributed by atoms with van der Waals surface area (Å²) in [6.45, 7) is 31.2. The molecule has 2 aromatic carbocycles. The molecule has 16 nitrogen and oxygen atoms in total. The van der Waals surface area contributed by atoms with Gasteiger partial charge in [0.1, 0.15) is 16.4 Å². The number of hydrogen-bond acceptors (Lipinski definition) is 10. The smallest absolute Gasteiger partial charge is 0.320 e. The highest BCUT2D eigenvalue weighted by Crippen LogP contribution is 2.43. The summed E-state index contributed by atoms with van der Waals surface area (Å²) in [5.41, 5.74) is 8.55. The molecule has 3 N–H and O–H groups in total. The number of carbonyl (C=O) groups is 3. The van der Waals surface area contributed by atoms with Gasteiger partial charge in [-0.15, -0.1) is 5.10 Å². The zero-order valence-corrected chi connectivity index (χ0v) is 42.1. The first kappa shape index (κ1) is 51.2. The molecule has 1 saturated carbocycles. The van der Waals surface area contributed by atoms with Crippen LogP contribution in [0.15, 0.2) is 42.5 Å². The molecule has 0 radical (unpaired) electrons. The Morgan fingerprint density at radius 1 is 0.912 bits per heavy atom. The lowest BCUT2D eigenvalue weighted by Crippen LogP contribution is -2.38. The van der Waals surface area contributed by atoms with Crippen molar-refractivity contribution in [2.75, 3.05) is 32.8 Å². The van der Waals surface area contributed by atoms with E-state index in [0.29, 0.717) is 69.7 Å². The van der Waals surface area contributed by atoms with Gasteiger partial charge in [0.05, 0.1) is 44.3 Å². The molecular weight excluding hydrogens is 884 g/mol. The number of halogens is 1. The van der Waals surface area contributed by atoms with Crippen molar-refractivity contribution in [3.8, 4) is 17.1 Å². The first-order valence-corrected chi connectivity index (χ1v) is 24.0. The lowest BCUT2D eigenvalue weighted by molar-refractivity contribution is -0.148. The molecule has 4 aromatic heterocycles. The van der Waals surface area contributed by atoms with Gasteiger partial charge in [0, 0.05) is 30.1 Å². The number of esters is 2. The van der Waals surface area contributed by atoms with Gasteiger partial charge < -0.3 is 19.5 Å². The molecule has 7 rings (SSSR count). The number of aromatic amines is 2. The van der Waals surface area contributed by atoms with Crippen LogP contribution in [0.2, 0.25) is 5.02 Å². The number of nitrogens with one attached hydrogen (secondary N) is 3. The molecule has 1 fully saturated rings. The number of benzene rings is 2. The van der Waals surface area contributed by atoms with Gasteiger partial charge in [-0.2, -0.15) is 4.63 Å². The predicted molar refractivity (Wildman–Crippen MR) is 263 cm³/mol. The molecule has 1 aliphatic carbocycles. The van der Waals surface area contributed by atoms with Gasteiger partial charge in [0.15, 0.2) is 23.4 Å². The summed E-state index contributed by atoms with van der Waals surface area (Å²) in [5, 5.41) is 14.3. The van der Waals surface area contributed by atoms with Crippen molar-refractivity contribution in [3.05, 3.63) is 98.4 Å². The molecule has 6 aromatic rings. The zero-order valence-electron chi connectivity index (χ0n) is 41.3. The molecule has 364 valence electrons. The third-order valence-electron chi connectivity index (χ3n) is 12.8. The van der Waals surface area contributed by atoms with Crippen LogP contribution in [0.4, 0.5) is 5.69 Å². The maximum atomic E-state index is 12.5. The number of amides is 1. The molecule has 0 saturated heterocycles. The summed E-state index contributed by atoms with van der Waals surface area (Å²) in [7, 11) is 0. The van der Waals surface area contributed by atoms with Gasteiger partial charge in [-0.25, -0.2) is 14.8 Å². The number of nitrogens with zero attached hydrogens (tertiary/aromatic N) is 7. The van der Waals surface area contributed by atoms with E-state index >= 15 is 0 Å². The molecule has 0 bridgehead atoms. The number of H-pyrrole nitrogens is 2. The number of fused-ring (bicyclic) bond motifs is 2. The first-order valence-electron chi connectivity index (χ1n) is 23.6. The summed E-state index contributed by atoms with van der Waals surface area (Å²) in [4.78, 5) is 52.5. The van der Waals surface area contributed by atoms with Crippen molar-refractivity contribution in [3.63, 3.8) is 0 Å². The number of aryl methyl sites for hydroxylation is 4.